The summed E-state index contributed by atoms with van der Waals surface area (Å²) in [6.45, 7) is 8.00. The SMILES string of the molecule is CC.CC.CNC(=O)n1cc(F)c(=O)[nH]c1=O. The molecule has 1 rings (SSSR count). The summed E-state index contributed by atoms with van der Waals surface area (Å²) in [5.41, 5.74) is -2.13. The van der Waals surface area contributed by atoms with E-state index in [2.05, 4.69) is 5.32 Å². The normalized spacial score (nSPS) is 8.12. The van der Waals surface area contributed by atoms with Crippen molar-refractivity contribution in [1.29, 1.82) is 0 Å². The molecule has 17 heavy (non-hydrogen) atoms. The lowest BCUT2D eigenvalue weighted by molar-refractivity contribution is 0.242. The van der Waals surface area contributed by atoms with Crippen LogP contribution in [-0.2, 0) is 0 Å². The summed E-state index contributed by atoms with van der Waals surface area (Å²) in [7, 11) is 1.28. The second kappa shape index (κ2) is 9.32. The molecular formula is C10H18FN3O3. The van der Waals surface area contributed by atoms with Crippen molar-refractivity contribution in [2.75, 3.05) is 7.05 Å². The number of carbonyl (C=O) groups excluding carboxylic acids is 1. The minimum absolute atomic E-state index is 0.427. The fraction of sp³-hybridized carbons (Fsp3) is 0.500. The summed E-state index contributed by atoms with van der Waals surface area (Å²) in [6.07, 6.45) is 0.528. The number of rotatable bonds is 0. The van der Waals surface area contributed by atoms with Crippen LogP contribution in [0.15, 0.2) is 15.8 Å². The molecule has 6 nitrogen and oxygen atoms in total. The number of hydrogen-bond acceptors (Lipinski definition) is 3. The first-order chi connectivity index (χ1) is 8.06. The van der Waals surface area contributed by atoms with Gasteiger partial charge < -0.3 is 5.32 Å². The minimum atomic E-state index is -1.19. The summed E-state index contributed by atoms with van der Waals surface area (Å²) in [5, 5.41) is 2.10. The number of carbonyl (C=O) groups is 1. The van der Waals surface area contributed by atoms with Crippen LogP contribution >= 0.6 is 0 Å². The van der Waals surface area contributed by atoms with Gasteiger partial charge in [-0.25, -0.2) is 14.2 Å². The Morgan fingerprint density at radius 3 is 2.18 bits per heavy atom. The molecule has 1 aromatic rings. The number of aromatic nitrogens is 2. The highest BCUT2D eigenvalue weighted by molar-refractivity contribution is 5.75. The smallest absolute Gasteiger partial charge is 0.336 e. The van der Waals surface area contributed by atoms with Gasteiger partial charge in [-0.05, 0) is 0 Å². The standard InChI is InChI=1S/C6H6FN3O3.2C2H6/c1-8-5(12)10-2-3(7)4(11)9-6(10)13;2*1-2/h2H,1H3,(H,8,12)(H,9,11,13);2*1-2H3. The van der Waals surface area contributed by atoms with Crippen LogP contribution in [0, 0.1) is 5.82 Å². The van der Waals surface area contributed by atoms with E-state index in [1.54, 1.807) is 4.98 Å². The molecule has 0 spiro atoms. The van der Waals surface area contributed by atoms with Gasteiger partial charge in [-0.3, -0.25) is 9.78 Å². The molecule has 0 fully saturated rings. The lowest BCUT2D eigenvalue weighted by Gasteiger charge is -2.00. The highest BCUT2D eigenvalue weighted by atomic mass is 19.1. The topological polar surface area (TPSA) is 84.0 Å². The molecule has 0 unspecified atom stereocenters. The Hall–Kier alpha value is -1.92. The minimum Gasteiger partial charge on any atom is -0.340 e. The van der Waals surface area contributed by atoms with Crippen LogP contribution < -0.4 is 16.6 Å². The van der Waals surface area contributed by atoms with Gasteiger partial charge in [-0.1, -0.05) is 27.7 Å². The zero-order valence-corrected chi connectivity index (χ0v) is 10.6. The highest BCUT2D eigenvalue weighted by Crippen LogP contribution is 1.82. The molecule has 0 aliphatic heterocycles. The van der Waals surface area contributed by atoms with Gasteiger partial charge >= 0.3 is 11.7 Å². The number of hydrogen-bond donors (Lipinski definition) is 2. The van der Waals surface area contributed by atoms with Crippen molar-refractivity contribution in [3.63, 3.8) is 0 Å². The molecule has 0 aromatic carbocycles. The average molecular weight is 247 g/mol. The number of aromatic amines is 1. The highest BCUT2D eigenvalue weighted by Gasteiger charge is 2.08. The van der Waals surface area contributed by atoms with Crippen molar-refractivity contribution in [1.82, 2.24) is 14.9 Å². The average Bonchev–Trinajstić information content (AvgIpc) is 2.37. The summed E-state index contributed by atoms with van der Waals surface area (Å²) in [4.78, 5) is 33.9. The molecule has 98 valence electrons. The van der Waals surface area contributed by atoms with E-state index in [0.717, 1.165) is 0 Å². The lowest BCUT2D eigenvalue weighted by atomic mass is 10.6. The first kappa shape index (κ1) is 17.5. The van der Waals surface area contributed by atoms with E-state index in [9.17, 15) is 18.8 Å². The summed E-state index contributed by atoms with van der Waals surface area (Å²) < 4.78 is 13.0. The van der Waals surface area contributed by atoms with E-state index < -0.39 is 23.1 Å². The van der Waals surface area contributed by atoms with Gasteiger partial charge in [0.25, 0.3) is 5.56 Å². The first-order valence-corrected chi connectivity index (χ1v) is 5.30. The van der Waals surface area contributed by atoms with E-state index in [0.29, 0.717) is 10.8 Å². The number of nitrogens with zero attached hydrogens (tertiary/aromatic N) is 1. The van der Waals surface area contributed by atoms with Gasteiger partial charge in [0.15, 0.2) is 0 Å². The summed E-state index contributed by atoms with van der Waals surface area (Å²) in [6, 6.07) is -0.819. The fourth-order valence-corrected chi connectivity index (χ4v) is 0.719. The van der Waals surface area contributed by atoms with Crippen LogP contribution in [0.5, 0.6) is 0 Å². The maximum absolute atomic E-state index is 12.6. The van der Waals surface area contributed by atoms with E-state index >= 15 is 0 Å². The molecule has 0 aliphatic rings. The Morgan fingerprint density at radius 1 is 1.29 bits per heavy atom. The van der Waals surface area contributed by atoms with Crippen LogP contribution in [0.4, 0.5) is 9.18 Å². The predicted octanol–water partition coefficient (Wildman–Crippen LogP) is 0.916. The third kappa shape index (κ3) is 5.10. The van der Waals surface area contributed by atoms with Gasteiger partial charge in [0, 0.05) is 7.05 Å². The van der Waals surface area contributed by atoms with Gasteiger partial charge in [0.05, 0.1) is 6.20 Å². The van der Waals surface area contributed by atoms with Crippen LogP contribution in [0.25, 0.3) is 0 Å². The molecule has 0 radical (unpaired) electrons. The molecule has 0 aliphatic carbocycles. The third-order valence-corrected chi connectivity index (χ3v) is 1.33. The largest absolute Gasteiger partial charge is 0.340 e. The second-order valence-corrected chi connectivity index (χ2v) is 2.16. The number of nitrogens with one attached hydrogen (secondary N) is 2. The molecule has 1 amide bonds. The van der Waals surface area contributed by atoms with Crippen molar-refractivity contribution in [3.05, 3.63) is 32.9 Å². The second-order valence-electron chi connectivity index (χ2n) is 2.16. The number of amides is 1. The Labute approximate surface area is 98.5 Å². The first-order valence-electron chi connectivity index (χ1n) is 5.30. The Morgan fingerprint density at radius 2 is 1.76 bits per heavy atom. The summed E-state index contributed by atoms with van der Waals surface area (Å²) >= 11 is 0. The maximum Gasteiger partial charge on any atom is 0.336 e. The summed E-state index contributed by atoms with van der Waals surface area (Å²) in [5.74, 6) is -1.19. The molecule has 0 atom stereocenters. The molecule has 1 heterocycles. The molecule has 0 saturated carbocycles. The van der Waals surface area contributed by atoms with Gasteiger partial charge in [0.1, 0.15) is 0 Å². The fourth-order valence-electron chi connectivity index (χ4n) is 0.719. The molecule has 7 heteroatoms. The monoisotopic (exact) mass is 247 g/mol. The van der Waals surface area contributed by atoms with E-state index in [4.69, 9.17) is 0 Å². The Bertz CT molecular complexity index is 451. The molecule has 1 aromatic heterocycles. The quantitative estimate of drug-likeness (QED) is 0.714. The van der Waals surface area contributed by atoms with Crippen LogP contribution in [0.2, 0.25) is 0 Å². The Kier molecular flexibility index (Phi) is 9.58. The van der Waals surface area contributed by atoms with E-state index in [-0.39, 0.29) is 0 Å². The van der Waals surface area contributed by atoms with Crippen molar-refractivity contribution in [2.45, 2.75) is 27.7 Å². The predicted molar refractivity (Wildman–Crippen MR) is 63.8 cm³/mol. The van der Waals surface area contributed by atoms with Crippen LogP contribution in [0.1, 0.15) is 27.7 Å². The van der Waals surface area contributed by atoms with Gasteiger partial charge in [-0.2, -0.15) is 4.39 Å². The number of halogens is 1. The van der Waals surface area contributed by atoms with Gasteiger partial charge in [-0.15, -0.1) is 0 Å². The van der Waals surface area contributed by atoms with E-state index in [1.807, 2.05) is 27.7 Å². The van der Waals surface area contributed by atoms with Crippen molar-refractivity contribution >= 4 is 6.03 Å². The zero-order chi connectivity index (χ0) is 14.0. The van der Waals surface area contributed by atoms with Crippen LogP contribution in [-0.4, -0.2) is 22.6 Å². The van der Waals surface area contributed by atoms with Gasteiger partial charge in [0.2, 0.25) is 5.82 Å². The van der Waals surface area contributed by atoms with Crippen LogP contribution in [0.3, 0.4) is 0 Å². The zero-order valence-electron chi connectivity index (χ0n) is 10.6. The number of H-pyrrole nitrogens is 1. The molecule has 2 N–H and O–H groups in total. The molecular weight excluding hydrogens is 229 g/mol. The van der Waals surface area contributed by atoms with Crippen molar-refractivity contribution in [3.8, 4) is 0 Å². The third-order valence-electron chi connectivity index (χ3n) is 1.33. The Balaban J connectivity index is 0. The molecule has 0 saturated heterocycles. The lowest BCUT2D eigenvalue weighted by Crippen LogP contribution is -2.39. The molecule has 0 bridgehead atoms. The maximum atomic E-state index is 12.6. The van der Waals surface area contributed by atoms with Crippen molar-refractivity contribution < 1.29 is 9.18 Å². The van der Waals surface area contributed by atoms with Crippen molar-refractivity contribution in [2.24, 2.45) is 0 Å². The van der Waals surface area contributed by atoms with E-state index in [1.165, 1.54) is 7.05 Å².